The number of aryl methyl sites for hydroxylation is 1. The van der Waals surface area contributed by atoms with Gasteiger partial charge in [-0.2, -0.15) is 0 Å². The number of rotatable bonds is 7. The number of carbonyl (C=O) groups is 2. The third-order valence-corrected chi connectivity index (χ3v) is 7.58. The quantitative estimate of drug-likeness (QED) is 0.401. The molecule has 1 atom stereocenters. The number of fused-ring (bicyclic) bond motifs is 1. The van der Waals surface area contributed by atoms with Crippen LogP contribution in [0.2, 0.25) is 0 Å². The summed E-state index contributed by atoms with van der Waals surface area (Å²) < 4.78 is 5.30. The normalized spacial score (nSPS) is 15.6. The van der Waals surface area contributed by atoms with Crippen LogP contribution in [0.3, 0.4) is 0 Å². The van der Waals surface area contributed by atoms with Crippen molar-refractivity contribution >= 4 is 33.8 Å². The average Bonchev–Trinajstić information content (AvgIpc) is 3.40. The third kappa shape index (κ3) is 5.77. The SMILES string of the molecule is Cc1cccc(NC(=O)c2c(NC(=O)CNCc3ccco3)sc3c2CCC(C(C)(C)C)C3)c1. The average molecular weight is 480 g/mol. The number of benzene rings is 1. The standard InChI is InChI=1S/C27H33N3O3S/c1-17-7-5-8-19(13-17)29-25(32)24-21-11-10-18(27(2,3)4)14-22(21)34-26(24)30-23(31)16-28-15-20-9-6-12-33-20/h5-9,12-13,18,28H,10-11,14-16H2,1-4H3,(H,29,32)(H,30,31). The summed E-state index contributed by atoms with van der Waals surface area (Å²) in [5.74, 6) is 0.967. The fourth-order valence-corrected chi connectivity index (χ4v) is 5.79. The van der Waals surface area contributed by atoms with Crippen LogP contribution in [0.4, 0.5) is 10.7 Å². The maximum absolute atomic E-state index is 13.4. The molecule has 0 saturated heterocycles. The van der Waals surface area contributed by atoms with Gasteiger partial charge >= 0.3 is 0 Å². The Bertz CT molecular complexity index is 1160. The van der Waals surface area contributed by atoms with Gasteiger partial charge in [-0.05, 0) is 72.9 Å². The van der Waals surface area contributed by atoms with Crippen molar-refractivity contribution in [2.75, 3.05) is 17.2 Å². The van der Waals surface area contributed by atoms with Crippen LogP contribution >= 0.6 is 11.3 Å². The highest BCUT2D eigenvalue weighted by molar-refractivity contribution is 7.17. The summed E-state index contributed by atoms with van der Waals surface area (Å²) in [6, 6.07) is 11.4. The molecule has 0 aliphatic heterocycles. The molecule has 0 fully saturated rings. The van der Waals surface area contributed by atoms with Crippen molar-refractivity contribution in [1.82, 2.24) is 5.32 Å². The summed E-state index contributed by atoms with van der Waals surface area (Å²) >= 11 is 1.54. The molecule has 1 aliphatic rings. The minimum absolute atomic E-state index is 0.132. The lowest BCUT2D eigenvalue weighted by Gasteiger charge is -2.33. The Morgan fingerprint density at radius 3 is 2.68 bits per heavy atom. The first-order valence-corrected chi connectivity index (χ1v) is 12.6. The van der Waals surface area contributed by atoms with Gasteiger partial charge in [-0.3, -0.25) is 9.59 Å². The van der Waals surface area contributed by atoms with Crippen molar-refractivity contribution in [3.63, 3.8) is 0 Å². The second-order valence-corrected chi connectivity index (χ2v) is 11.2. The first-order chi connectivity index (χ1) is 16.2. The molecule has 6 nitrogen and oxygen atoms in total. The number of hydrogen-bond donors (Lipinski definition) is 3. The molecule has 0 bridgehead atoms. The van der Waals surface area contributed by atoms with Gasteiger partial charge < -0.3 is 20.4 Å². The summed E-state index contributed by atoms with van der Waals surface area (Å²) in [6.07, 6.45) is 4.42. The van der Waals surface area contributed by atoms with Crippen LogP contribution in [0.1, 0.15) is 59.3 Å². The summed E-state index contributed by atoms with van der Waals surface area (Å²) in [5, 5.41) is 9.77. The van der Waals surface area contributed by atoms with Gasteiger partial charge in [0, 0.05) is 10.6 Å². The Balaban J connectivity index is 1.54. The minimum Gasteiger partial charge on any atom is -0.468 e. The Hall–Kier alpha value is -2.90. The fourth-order valence-electron chi connectivity index (χ4n) is 4.45. The molecule has 180 valence electrons. The highest BCUT2D eigenvalue weighted by Gasteiger charge is 2.34. The molecule has 4 rings (SSSR count). The summed E-state index contributed by atoms with van der Waals surface area (Å²) in [6.45, 7) is 9.41. The van der Waals surface area contributed by atoms with Gasteiger partial charge in [0.25, 0.3) is 5.91 Å². The van der Waals surface area contributed by atoms with Gasteiger partial charge in [-0.1, -0.05) is 32.9 Å². The molecular formula is C27H33N3O3S. The summed E-state index contributed by atoms with van der Waals surface area (Å²) in [4.78, 5) is 27.4. The predicted molar refractivity (Wildman–Crippen MR) is 137 cm³/mol. The van der Waals surface area contributed by atoms with Crippen LogP contribution in [0, 0.1) is 18.3 Å². The van der Waals surface area contributed by atoms with Crippen molar-refractivity contribution < 1.29 is 14.0 Å². The van der Waals surface area contributed by atoms with E-state index in [-0.39, 0.29) is 23.8 Å². The molecule has 0 saturated carbocycles. The van der Waals surface area contributed by atoms with E-state index in [0.29, 0.717) is 23.0 Å². The zero-order valence-electron chi connectivity index (χ0n) is 20.3. The maximum Gasteiger partial charge on any atom is 0.258 e. The topological polar surface area (TPSA) is 83.4 Å². The highest BCUT2D eigenvalue weighted by Crippen LogP contribution is 2.44. The predicted octanol–water partition coefficient (Wildman–Crippen LogP) is 5.78. The van der Waals surface area contributed by atoms with Crippen LogP contribution in [-0.2, 0) is 24.2 Å². The van der Waals surface area contributed by atoms with E-state index in [0.717, 1.165) is 41.8 Å². The van der Waals surface area contributed by atoms with Crippen molar-refractivity contribution in [2.45, 2.75) is 53.5 Å². The van der Waals surface area contributed by atoms with E-state index in [1.165, 1.54) is 4.88 Å². The number of thiophene rings is 1. The van der Waals surface area contributed by atoms with E-state index in [1.807, 2.05) is 43.3 Å². The van der Waals surface area contributed by atoms with Crippen LogP contribution in [0.15, 0.2) is 47.1 Å². The minimum atomic E-state index is -0.179. The highest BCUT2D eigenvalue weighted by atomic mass is 32.1. The zero-order valence-corrected chi connectivity index (χ0v) is 21.1. The smallest absolute Gasteiger partial charge is 0.258 e. The van der Waals surface area contributed by atoms with Crippen LogP contribution in [0.25, 0.3) is 0 Å². The molecular weight excluding hydrogens is 446 g/mol. The first-order valence-electron chi connectivity index (χ1n) is 11.8. The molecule has 7 heteroatoms. The molecule has 1 unspecified atom stereocenters. The second-order valence-electron chi connectivity index (χ2n) is 10.1. The van der Waals surface area contributed by atoms with Crippen LogP contribution in [0.5, 0.6) is 0 Å². The molecule has 2 heterocycles. The molecule has 0 radical (unpaired) electrons. The molecule has 2 aromatic heterocycles. The fraction of sp³-hybridized carbons (Fsp3) is 0.407. The molecule has 34 heavy (non-hydrogen) atoms. The summed E-state index contributed by atoms with van der Waals surface area (Å²) in [5.41, 5.74) is 3.72. The Labute approximate surface area is 205 Å². The van der Waals surface area contributed by atoms with Gasteiger partial charge in [0.1, 0.15) is 10.8 Å². The molecule has 0 spiro atoms. The molecule has 3 aromatic rings. The zero-order chi connectivity index (χ0) is 24.3. The van der Waals surface area contributed by atoms with E-state index in [4.69, 9.17) is 4.42 Å². The van der Waals surface area contributed by atoms with E-state index < -0.39 is 0 Å². The lowest BCUT2D eigenvalue weighted by atomic mass is 9.72. The molecule has 1 aromatic carbocycles. The number of hydrogen-bond acceptors (Lipinski definition) is 5. The number of anilines is 2. The Morgan fingerprint density at radius 1 is 1.15 bits per heavy atom. The van der Waals surface area contributed by atoms with Crippen molar-refractivity contribution in [3.8, 4) is 0 Å². The number of amides is 2. The van der Waals surface area contributed by atoms with Gasteiger partial charge in [0.05, 0.1) is 24.9 Å². The van der Waals surface area contributed by atoms with E-state index >= 15 is 0 Å². The van der Waals surface area contributed by atoms with Gasteiger partial charge in [-0.15, -0.1) is 11.3 Å². The largest absolute Gasteiger partial charge is 0.468 e. The van der Waals surface area contributed by atoms with E-state index in [9.17, 15) is 9.59 Å². The Morgan fingerprint density at radius 2 is 1.97 bits per heavy atom. The number of furan rings is 1. The monoisotopic (exact) mass is 479 g/mol. The third-order valence-electron chi connectivity index (χ3n) is 6.41. The van der Waals surface area contributed by atoms with Crippen molar-refractivity contribution in [2.24, 2.45) is 11.3 Å². The first kappa shape index (κ1) is 24.2. The van der Waals surface area contributed by atoms with Gasteiger partial charge in [0.2, 0.25) is 5.91 Å². The molecule has 1 aliphatic carbocycles. The Kier molecular flexibility index (Phi) is 7.24. The van der Waals surface area contributed by atoms with Crippen LogP contribution < -0.4 is 16.0 Å². The lowest BCUT2D eigenvalue weighted by molar-refractivity contribution is -0.115. The number of carbonyl (C=O) groups excluding carboxylic acids is 2. The van der Waals surface area contributed by atoms with Gasteiger partial charge in [-0.25, -0.2) is 0 Å². The summed E-state index contributed by atoms with van der Waals surface area (Å²) in [7, 11) is 0. The molecule has 3 N–H and O–H groups in total. The van der Waals surface area contributed by atoms with Crippen molar-refractivity contribution in [1.29, 1.82) is 0 Å². The van der Waals surface area contributed by atoms with E-state index in [1.54, 1.807) is 17.6 Å². The lowest BCUT2D eigenvalue weighted by Crippen LogP contribution is -2.28. The van der Waals surface area contributed by atoms with E-state index in [2.05, 4.69) is 36.7 Å². The molecule has 2 amide bonds. The maximum atomic E-state index is 13.4. The second kappa shape index (κ2) is 10.2. The van der Waals surface area contributed by atoms with Gasteiger partial charge in [0.15, 0.2) is 0 Å². The van der Waals surface area contributed by atoms with Crippen molar-refractivity contribution in [3.05, 3.63) is 70.0 Å². The van der Waals surface area contributed by atoms with Crippen LogP contribution in [-0.4, -0.2) is 18.4 Å². The number of nitrogens with one attached hydrogen (secondary N) is 3.